The van der Waals surface area contributed by atoms with E-state index in [1.807, 2.05) is 19.9 Å². The highest BCUT2D eigenvalue weighted by Gasteiger charge is 2.37. The topological polar surface area (TPSA) is 29.5 Å². The van der Waals surface area contributed by atoms with Gasteiger partial charge < -0.3 is 9.84 Å². The van der Waals surface area contributed by atoms with Crippen LogP contribution in [0.15, 0.2) is 54.6 Å². The number of benzene rings is 3. The first-order valence-corrected chi connectivity index (χ1v) is 12.5. The van der Waals surface area contributed by atoms with E-state index < -0.39 is 23.4 Å². The third kappa shape index (κ3) is 4.88. The summed E-state index contributed by atoms with van der Waals surface area (Å²) in [7, 11) is 0. The maximum Gasteiger partial charge on any atom is 0.416 e. The Morgan fingerprint density at radius 1 is 0.972 bits per heavy atom. The summed E-state index contributed by atoms with van der Waals surface area (Å²) in [6.45, 7) is 3.89. The van der Waals surface area contributed by atoms with Crippen molar-refractivity contribution in [1.29, 1.82) is 0 Å². The average Bonchev–Trinajstić information content (AvgIpc) is 3.33. The number of fused-ring (bicyclic) bond motifs is 1. The molecule has 1 N–H and O–H groups in total. The highest BCUT2D eigenvalue weighted by Crippen LogP contribution is 2.50. The summed E-state index contributed by atoms with van der Waals surface area (Å²) in [5.74, 6) is 0.572. The molecule has 6 heteroatoms. The fourth-order valence-corrected chi connectivity index (χ4v) is 5.81. The molecular weight excluding hydrogens is 468 g/mol. The first kappa shape index (κ1) is 24.8. The number of aliphatic hydroxyl groups is 1. The standard InChI is InChI=1S/C30H30F4O2/c1-29(2)17-25(35)28-26(36-29)16-23(19-5-3-4-6-19)24(27(28)20-9-13-22(31)14-10-20)15-18-7-11-21(12-8-18)30(32,33)34/h7-14,16,19,25,35H,3-6,15,17H2,1-2H3/t25-/m0/s1. The van der Waals surface area contributed by atoms with Crippen molar-refractivity contribution < 1.29 is 27.4 Å². The lowest BCUT2D eigenvalue weighted by molar-refractivity contribution is -0.137. The number of halogens is 4. The Kier molecular flexibility index (Phi) is 6.36. The smallest absolute Gasteiger partial charge is 0.416 e. The summed E-state index contributed by atoms with van der Waals surface area (Å²) in [5.41, 5.74) is 3.83. The first-order chi connectivity index (χ1) is 17.0. The highest BCUT2D eigenvalue weighted by molar-refractivity contribution is 5.77. The molecule has 0 bridgehead atoms. The summed E-state index contributed by atoms with van der Waals surface area (Å²) < 4.78 is 59.7. The van der Waals surface area contributed by atoms with E-state index in [-0.39, 0.29) is 5.82 Å². The second kappa shape index (κ2) is 9.22. The number of rotatable bonds is 4. The van der Waals surface area contributed by atoms with Gasteiger partial charge in [0.2, 0.25) is 0 Å². The van der Waals surface area contributed by atoms with E-state index in [1.165, 1.54) is 24.3 Å². The maximum absolute atomic E-state index is 13.9. The number of hydrogen-bond acceptors (Lipinski definition) is 2. The van der Waals surface area contributed by atoms with Crippen LogP contribution in [0.5, 0.6) is 5.75 Å². The van der Waals surface area contributed by atoms with Gasteiger partial charge in [-0.15, -0.1) is 0 Å². The van der Waals surface area contributed by atoms with Crippen molar-refractivity contribution in [2.24, 2.45) is 0 Å². The van der Waals surface area contributed by atoms with Gasteiger partial charge >= 0.3 is 6.18 Å². The van der Waals surface area contributed by atoms with E-state index >= 15 is 0 Å². The van der Waals surface area contributed by atoms with Crippen LogP contribution < -0.4 is 4.74 Å². The second-order valence-electron chi connectivity index (χ2n) is 10.7. The average molecular weight is 499 g/mol. The molecule has 5 rings (SSSR count). The fraction of sp³-hybridized carbons (Fsp3) is 0.400. The van der Waals surface area contributed by atoms with Crippen molar-refractivity contribution in [3.8, 4) is 16.9 Å². The minimum Gasteiger partial charge on any atom is -0.487 e. The Morgan fingerprint density at radius 3 is 2.22 bits per heavy atom. The molecule has 1 heterocycles. The van der Waals surface area contributed by atoms with E-state index in [1.54, 1.807) is 12.1 Å². The summed E-state index contributed by atoms with van der Waals surface area (Å²) in [5, 5.41) is 11.3. The summed E-state index contributed by atoms with van der Waals surface area (Å²) in [6, 6.07) is 13.5. The van der Waals surface area contributed by atoms with E-state index in [2.05, 4.69) is 0 Å². The molecule has 1 fully saturated rings. The second-order valence-corrected chi connectivity index (χ2v) is 10.7. The van der Waals surface area contributed by atoms with Gasteiger partial charge in [0, 0.05) is 12.0 Å². The van der Waals surface area contributed by atoms with Gasteiger partial charge in [0.15, 0.2) is 0 Å². The molecule has 0 spiro atoms. The van der Waals surface area contributed by atoms with Crippen LogP contribution in [-0.2, 0) is 12.6 Å². The van der Waals surface area contributed by atoms with Gasteiger partial charge in [0.25, 0.3) is 0 Å². The third-order valence-corrected chi connectivity index (χ3v) is 7.47. The third-order valence-electron chi connectivity index (χ3n) is 7.47. The van der Waals surface area contributed by atoms with Crippen LogP contribution in [-0.4, -0.2) is 10.7 Å². The SMILES string of the molecule is CC1(C)C[C@H](O)c2c(cc(C3CCCC3)c(Cc3ccc(C(F)(F)F)cc3)c2-c2ccc(F)cc2)O1. The predicted molar refractivity (Wildman–Crippen MR) is 132 cm³/mol. The van der Waals surface area contributed by atoms with E-state index in [9.17, 15) is 22.7 Å². The lowest BCUT2D eigenvalue weighted by atomic mass is 9.78. The molecule has 2 aliphatic rings. The first-order valence-electron chi connectivity index (χ1n) is 12.5. The minimum absolute atomic E-state index is 0.296. The molecule has 2 nitrogen and oxygen atoms in total. The van der Waals surface area contributed by atoms with Gasteiger partial charge in [-0.25, -0.2) is 4.39 Å². The monoisotopic (exact) mass is 498 g/mol. The molecule has 0 aromatic heterocycles. The lowest BCUT2D eigenvalue weighted by Crippen LogP contribution is -2.35. The predicted octanol–water partition coefficient (Wildman–Crippen LogP) is 8.35. The number of aliphatic hydroxyl groups excluding tert-OH is 1. The van der Waals surface area contributed by atoms with Crippen molar-refractivity contribution >= 4 is 0 Å². The molecular formula is C30H30F4O2. The van der Waals surface area contributed by atoms with Crippen LogP contribution >= 0.6 is 0 Å². The summed E-state index contributed by atoms with van der Waals surface area (Å²) in [6.07, 6.45) is -0.108. The zero-order valence-electron chi connectivity index (χ0n) is 20.5. The largest absolute Gasteiger partial charge is 0.487 e. The Labute approximate surface area is 208 Å². The van der Waals surface area contributed by atoms with Crippen LogP contribution in [0.1, 0.15) is 85.8 Å². The zero-order chi connectivity index (χ0) is 25.7. The maximum atomic E-state index is 13.9. The van der Waals surface area contributed by atoms with Crippen LogP contribution in [0.4, 0.5) is 17.6 Å². The highest BCUT2D eigenvalue weighted by atomic mass is 19.4. The zero-order valence-corrected chi connectivity index (χ0v) is 20.5. The van der Waals surface area contributed by atoms with Gasteiger partial charge in [-0.3, -0.25) is 0 Å². The molecule has 1 aliphatic heterocycles. The van der Waals surface area contributed by atoms with E-state index in [4.69, 9.17) is 4.74 Å². The molecule has 1 atom stereocenters. The van der Waals surface area contributed by atoms with Crippen LogP contribution in [0.2, 0.25) is 0 Å². The molecule has 0 saturated heterocycles. The number of alkyl halides is 3. The molecule has 1 aliphatic carbocycles. The molecule has 36 heavy (non-hydrogen) atoms. The molecule has 3 aromatic rings. The van der Waals surface area contributed by atoms with Gasteiger partial charge in [0.1, 0.15) is 17.2 Å². The molecule has 0 radical (unpaired) electrons. The van der Waals surface area contributed by atoms with E-state index in [0.717, 1.165) is 65.6 Å². The Balaban J connectivity index is 1.72. The molecule has 0 unspecified atom stereocenters. The Morgan fingerprint density at radius 2 is 1.61 bits per heavy atom. The van der Waals surface area contributed by atoms with E-state index in [0.29, 0.717) is 30.1 Å². The van der Waals surface area contributed by atoms with Crippen LogP contribution in [0.25, 0.3) is 11.1 Å². The quantitative estimate of drug-likeness (QED) is 0.366. The van der Waals surface area contributed by atoms with Crippen molar-refractivity contribution in [1.82, 2.24) is 0 Å². The fourth-order valence-electron chi connectivity index (χ4n) is 5.81. The normalized spacial score (nSPS) is 19.7. The van der Waals surface area contributed by atoms with Crippen molar-refractivity contribution in [2.75, 3.05) is 0 Å². The molecule has 1 saturated carbocycles. The molecule has 3 aromatic carbocycles. The molecule has 190 valence electrons. The lowest BCUT2D eigenvalue weighted by Gasteiger charge is -2.38. The summed E-state index contributed by atoms with van der Waals surface area (Å²) >= 11 is 0. The van der Waals surface area contributed by atoms with Crippen molar-refractivity contribution in [2.45, 2.75) is 76.2 Å². The van der Waals surface area contributed by atoms with Gasteiger partial charge in [-0.05, 0) is 97.2 Å². The van der Waals surface area contributed by atoms with Gasteiger partial charge in [-0.2, -0.15) is 13.2 Å². The molecule has 0 amide bonds. The Bertz CT molecular complexity index is 1240. The summed E-state index contributed by atoms with van der Waals surface area (Å²) in [4.78, 5) is 0. The minimum atomic E-state index is -4.40. The van der Waals surface area contributed by atoms with Crippen molar-refractivity contribution in [3.63, 3.8) is 0 Å². The van der Waals surface area contributed by atoms with Gasteiger partial charge in [-0.1, -0.05) is 37.1 Å². The van der Waals surface area contributed by atoms with Crippen molar-refractivity contribution in [3.05, 3.63) is 88.2 Å². The number of hydrogen-bond donors (Lipinski definition) is 1. The Hall–Kier alpha value is -2.86. The van der Waals surface area contributed by atoms with Crippen LogP contribution in [0.3, 0.4) is 0 Å². The number of ether oxygens (including phenoxy) is 1. The van der Waals surface area contributed by atoms with Gasteiger partial charge in [0.05, 0.1) is 11.7 Å². The van der Waals surface area contributed by atoms with Crippen LogP contribution in [0, 0.1) is 5.82 Å².